The molecule has 0 saturated carbocycles. The number of fused-ring (bicyclic) bond motifs is 2. The molecule has 0 amide bonds. The summed E-state index contributed by atoms with van der Waals surface area (Å²) in [5, 5.41) is 9.87. The Kier molecular flexibility index (Phi) is 7.25. The lowest BCUT2D eigenvalue weighted by Gasteiger charge is -2.35. The highest BCUT2D eigenvalue weighted by Gasteiger charge is 2.31. The smallest absolute Gasteiger partial charge is 0.335 e. The second-order valence-electron chi connectivity index (χ2n) is 11.2. The SMILES string of the molecule is O=C(O)c1ccc2nc(CN3CCC(c4cccc5c4O[C@@H](c4ccc(Cl)cc4F)CO5)CC3)n(C[C@@H]3CCO3)c2c1. The maximum atomic E-state index is 14.7. The van der Waals surface area contributed by atoms with Gasteiger partial charge in [-0.15, -0.1) is 0 Å². The molecule has 3 aliphatic heterocycles. The van der Waals surface area contributed by atoms with Crippen LogP contribution in [0.15, 0.2) is 54.6 Å². The van der Waals surface area contributed by atoms with Crippen molar-refractivity contribution in [3.63, 3.8) is 0 Å². The molecule has 0 radical (unpaired) electrons. The van der Waals surface area contributed by atoms with Crippen molar-refractivity contribution in [1.29, 1.82) is 0 Å². The predicted octanol–water partition coefficient (Wildman–Crippen LogP) is 6.21. The van der Waals surface area contributed by atoms with Crippen molar-refractivity contribution in [1.82, 2.24) is 14.5 Å². The number of rotatable bonds is 7. The average molecular weight is 592 g/mol. The highest BCUT2D eigenvalue weighted by Crippen LogP contribution is 2.45. The van der Waals surface area contributed by atoms with Crippen LogP contribution in [0.25, 0.3) is 11.0 Å². The van der Waals surface area contributed by atoms with Gasteiger partial charge < -0.3 is 23.9 Å². The van der Waals surface area contributed by atoms with Crippen molar-refractivity contribution in [3.05, 3.63) is 88.0 Å². The van der Waals surface area contributed by atoms with Gasteiger partial charge in [-0.05, 0) is 74.7 Å². The summed E-state index contributed by atoms with van der Waals surface area (Å²) in [6.07, 6.45) is 2.41. The monoisotopic (exact) mass is 591 g/mol. The van der Waals surface area contributed by atoms with Gasteiger partial charge in [-0.3, -0.25) is 4.90 Å². The Morgan fingerprint density at radius 1 is 1.07 bits per heavy atom. The van der Waals surface area contributed by atoms with Crippen molar-refractivity contribution in [2.45, 2.75) is 50.5 Å². The van der Waals surface area contributed by atoms with Crippen LogP contribution in [0.4, 0.5) is 4.39 Å². The molecule has 8 nitrogen and oxygen atoms in total. The van der Waals surface area contributed by atoms with Crippen LogP contribution in [-0.4, -0.2) is 57.9 Å². The lowest BCUT2D eigenvalue weighted by Crippen LogP contribution is -2.35. The fraction of sp³-hybridized carbons (Fsp3) is 0.375. The summed E-state index contributed by atoms with van der Waals surface area (Å²) >= 11 is 5.96. The molecule has 4 aromatic rings. The van der Waals surface area contributed by atoms with Gasteiger partial charge in [0.05, 0.1) is 35.8 Å². The number of imidazole rings is 1. The normalized spacial score (nSPS) is 20.9. The van der Waals surface area contributed by atoms with E-state index in [0.29, 0.717) is 35.2 Å². The Morgan fingerprint density at radius 2 is 1.90 bits per heavy atom. The molecule has 2 fully saturated rings. The molecule has 2 saturated heterocycles. The van der Waals surface area contributed by atoms with E-state index in [2.05, 4.69) is 15.5 Å². The Morgan fingerprint density at radius 3 is 2.64 bits per heavy atom. The van der Waals surface area contributed by atoms with Gasteiger partial charge in [0, 0.05) is 22.8 Å². The van der Waals surface area contributed by atoms with Crippen molar-refractivity contribution in [2.24, 2.45) is 0 Å². The highest BCUT2D eigenvalue weighted by atomic mass is 35.5. The number of nitrogens with zero attached hydrogens (tertiary/aromatic N) is 3. The number of carboxylic acids is 1. The van der Waals surface area contributed by atoms with E-state index in [9.17, 15) is 14.3 Å². The van der Waals surface area contributed by atoms with Crippen LogP contribution in [0.2, 0.25) is 5.02 Å². The number of aromatic carboxylic acids is 1. The quantitative estimate of drug-likeness (QED) is 0.273. The van der Waals surface area contributed by atoms with Gasteiger partial charge in [-0.25, -0.2) is 14.2 Å². The van der Waals surface area contributed by atoms with Crippen molar-refractivity contribution >= 4 is 28.6 Å². The molecule has 3 aliphatic rings. The zero-order valence-electron chi connectivity index (χ0n) is 23.0. The number of ether oxygens (including phenoxy) is 3. The molecule has 10 heteroatoms. The Bertz CT molecular complexity index is 1650. The molecule has 218 valence electrons. The summed E-state index contributed by atoms with van der Waals surface area (Å²) in [7, 11) is 0. The van der Waals surface area contributed by atoms with E-state index in [1.165, 1.54) is 6.07 Å². The highest BCUT2D eigenvalue weighted by molar-refractivity contribution is 6.30. The van der Waals surface area contributed by atoms with Gasteiger partial charge >= 0.3 is 5.97 Å². The average Bonchev–Trinajstić information content (AvgIpc) is 3.30. The van der Waals surface area contributed by atoms with Crippen molar-refractivity contribution in [3.8, 4) is 11.5 Å². The molecule has 0 bridgehead atoms. The van der Waals surface area contributed by atoms with Crippen molar-refractivity contribution in [2.75, 3.05) is 26.3 Å². The van der Waals surface area contributed by atoms with Crippen LogP contribution >= 0.6 is 11.6 Å². The summed E-state index contributed by atoms with van der Waals surface area (Å²) in [4.78, 5) is 18.9. The fourth-order valence-electron chi connectivity index (χ4n) is 6.22. The lowest BCUT2D eigenvalue weighted by molar-refractivity contribution is -0.0592. The van der Waals surface area contributed by atoms with Gasteiger partial charge in [0.15, 0.2) is 17.6 Å². The van der Waals surface area contributed by atoms with Crippen LogP contribution in [-0.2, 0) is 17.8 Å². The van der Waals surface area contributed by atoms with Gasteiger partial charge in [0.1, 0.15) is 18.2 Å². The first-order valence-corrected chi connectivity index (χ1v) is 14.7. The Balaban J connectivity index is 1.07. The molecule has 0 aliphatic carbocycles. The molecular formula is C32H31ClFN3O5. The minimum atomic E-state index is -0.949. The topological polar surface area (TPSA) is 86.0 Å². The first-order valence-electron chi connectivity index (χ1n) is 14.4. The molecule has 0 spiro atoms. The molecule has 1 N–H and O–H groups in total. The van der Waals surface area contributed by atoms with Crippen LogP contribution in [0.5, 0.6) is 11.5 Å². The number of para-hydroxylation sites is 1. The second kappa shape index (κ2) is 11.2. The standard InChI is InChI=1S/C32H31ClFN3O5/c33-21-5-6-24(25(34)15-21)29-18-41-28-3-1-2-23(31(28)42-29)19-8-11-36(12-9-19)17-30-35-26-7-4-20(32(38)39)14-27(26)37(30)16-22-10-13-40-22/h1-7,14-15,19,22,29H,8-13,16-18H2,(H,38,39)/t22-,29+/m0/s1. The van der Waals surface area contributed by atoms with Gasteiger partial charge in [0.2, 0.25) is 0 Å². The minimum Gasteiger partial charge on any atom is -0.485 e. The summed E-state index contributed by atoms with van der Waals surface area (Å²) < 4.78 is 34.9. The summed E-state index contributed by atoms with van der Waals surface area (Å²) in [6.45, 7) is 4.05. The third-order valence-corrected chi connectivity index (χ3v) is 8.85. The van der Waals surface area contributed by atoms with E-state index in [-0.39, 0.29) is 24.2 Å². The number of hydrogen-bond donors (Lipinski definition) is 1. The minimum absolute atomic E-state index is 0.122. The number of benzene rings is 3. The largest absolute Gasteiger partial charge is 0.485 e. The number of aromatic nitrogens is 2. The van der Waals surface area contributed by atoms with Crippen LogP contribution in [0.3, 0.4) is 0 Å². The van der Waals surface area contributed by atoms with Crippen LogP contribution < -0.4 is 9.47 Å². The first-order chi connectivity index (χ1) is 20.4. The molecule has 3 aromatic carbocycles. The van der Waals surface area contributed by atoms with E-state index < -0.39 is 17.9 Å². The number of likely N-dealkylation sites (tertiary alicyclic amines) is 1. The maximum Gasteiger partial charge on any atom is 0.335 e. The number of piperidine rings is 1. The van der Waals surface area contributed by atoms with Crippen LogP contribution in [0, 0.1) is 5.82 Å². The van der Waals surface area contributed by atoms with E-state index in [4.69, 9.17) is 30.8 Å². The number of carbonyl (C=O) groups is 1. The molecule has 4 heterocycles. The number of halogens is 2. The zero-order valence-corrected chi connectivity index (χ0v) is 23.7. The van der Waals surface area contributed by atoms with Gasteiger partial charge in [-0.1, -0.05) is 29.8 Å². The van der Waals surface area contributed by atoms with E-state index in [1.807, 2.05) is 12.1 Å². The zero-order chi connectivity index (χ0) is 28.8. The molecular weight excluding hydrogens is 561 g/mol. The first kappa shape index (κ1) is 27.2. The van der Waals surface area contributed by atoms with Crippen molar-refractivity contribution < 1.29 is 28.5 Å². The second-order valence-corrected chi connectivity index (χ2v) is 11.7. The predicted molar refractivity (Wildman–Crippen MR) is 155 cm³/mol. The summed E-state index contributed by atoms with van der Waals surface area (Å²) in [6, 6.07) is 15.7. The number of carboxylic acid groups (broad SMARTS) is 1. The third kappa shape index (κ3) is 5.21. The molecule has 0 unspecified atom stereocenters. The fourth-order valence-corrected chi connectivity index (χ4v) is 6.37. The number of hydrogen-bond acceptors (Lipinski definition) is 6. The molecule has 2 atom stereocenters. The third-order valence-electron chi connectivity index (χ3n) is 8.62. The van der Waals surface area contributed by atoms with Crippen LogP contribution in [0.1, 0.15) is 58.6 Å². The lowest BCUT2D eigenvalue weighted by atomic mass is 9.88. The van der Waals surface area contributed by atoms with E-state index in [0.717, 1.165) is 61.4 Å². The van der Waals surface area contributed by atoms with E-state index >= 15 is 0 Å². The summed E-state index contributed by atoms with van der Waals surface area (Å²) in [5.74, 6) is 1.22. The maximum absolute atomic E-state index is 14.7. The summed E-state index contributed by atoms with van der Waals surface area (Å²) in [5.41, 5.74) is 3.39. The molecule has 42 heavy (non-hydrogen) atoms. The molecule has 1 aromatic heterocycles. The molecule has 7 rings (SSSR count). The Hall–Kier alpha value is -3.66. The van der Waals surface area contributed by atoms with Gasteiger partial charge in [0.25, 0.3) is 0 Å². The van der Waals surface area contributed by atoms with Gasteiger partial charge in [-0.2, -0.15) is 0 Å². The Labute approximate surface area is 247 Å². The van der Waals surface area contributed by atoms with E-state index in [1.54, 1.807) is 30.3 Å².